The Hall–Kier alpha value is -2.22. The van der Waals surface area contributed by atoms with Crippen LogP contribution in [0, 0.1) is 13.8 Å². The maximum atomic E-state index is 12.0. The lowest BCUT2D eigenvalue weighted by atomic mass is 10.1. The molecule has 0 fully saturated rings. The van der Waals surface area contributed by atoms with Gasteiger partial charge in [-0.2, -0.15) is 0 Å². The van der Waals surface area contributed by atoms with Crippen LogP contribution in [0.2, 0.25) is 5.02 Å². The van der Waals surface area contributed by atoms with E-state index in [1.807, 2.05) is 19.1 Å². The van der Waals surface area contributed by atoms with Gasteiger partial charge >= 0.3 is 5.97 Å². The lowest BCUT2D eigenvalue weighted by molar-refractivity contribution is 0.0605. The largest absolute Gasteiger partial charge is 0.465 e. The van der Waals surface area contributed by atoms with Gasteiger partial charge in [0.25, 0.3) is 0 Å². The van der Waals surface area contributed by atoms with E-state index in [1.54, 1.807) is 19.1 Å². The third-order valence-corrected chi connectivity index (χ3v) is 5.51. The zero-order chi connectivity index (χ0) is 18.8. The fraction of sp³-hybridized carbons (Fsp3) is 0.278. The molecule has 0 aliphatic rings. The van der Waals surface area contributed by atoms with Crippen molar-refractivity contribution in [1.82, 2.24) is 9.97 Å². The maximum absolute atomic E-state index is 12.0. The summed E-state index contributed by atoms with van der Waals surface area (Å²) < 4.78 is 4.83. The molecule has 2 aromatic heterocycles. The van der Waals surface area contributed by atoms with Gasteiger partial charge in [0.05, 0.1) is 18.6 Å². The summed E-state index contributed by atoms with van der Waals surface area (Å²) in [6, 6.07) is 7.15. The van der Waals surface area contributed by atoms with E-state index < -0.39 is 12.1 Å². The van der Waals surface area contributed by atoms with Crippen LogP contribution in [0.5, 0.6) is 0 Å². The first kappa shape index (κ1) is 18.6. The number of aliphatic hydroxyl groups is 1. The van der Waals surface area contributed by atoms with Crippen molar-refractivity contribution in [3.05, 3.63) is 51.1 Å². The predicted molar refractivity (Wildman–Crippen MR) is 103 cm³/mol. The van der Waals surface area contributed by atoms with E-state index in [0.717, 1.165) is 10.9 Å². The molecule has 6 nitrogen and oxygen atoms in total. The van der Waals surface area contributed by atoms with Crippen LogP contribution >= 0.6 is 22.9 Å². The number of hydrogen-bond donors (Lipinski definition) is 2. The molecule has 1 aromatic carbocycles. The summed E-state index contributed by atoms with van der Waals surface area (Å²) in [7, 11) is 1.35. The smallest absolute Gasteiger partial charge is 0.348 e. The molecule has 0 saturated carbocycles. The monoisotopic (exact) mass is 391 g/mol. The van der Waals surface area contributed by atoms with Crippen LogP contribution in [0.25, 0.3) is 10.2 Å². The van der Waals surface area contributed by atoms with Crippen molar-refractivity contribution < 1.29 is 14.6 Å². The number of nitrogens with zero attached hydrogens (tertiary/aromatic N) is 2. The Bertz CT molecular complexity index is 974. The van der Waals surface area contributed by atoms with E-state index in [4.69, 9.17) is 16.3 Å². The predicted octanol–water partition coefficient (Wildman–Crippen LogP) is 3.89. The molecule has 0 saturated heterocycles. The summed E-state index contributed by atoms with van der Waals surface area (Å²) in [6.45, 7) is 3.83. The molecule has 0 radical (unpaired) electrons. The fourth-order valence-electron chi connectivity index (χ4n) is 2.71. The number of fused-ring (bicyclic) bond motifs is 1. The van der Waals surface area contributed by atoms with Crippen molar-refractivity contribution in [3.63, 3.8) is 0 Å². The molecular weight excluding hydrogens is 374 g/mol. The van der Waals surface area contributed by atoms with Gasteiger partial charge in [-0.05, 0) is 25.5 Å². The number of benzene rings is 1. The molecule has 8 heteroatoms. The minimum atomic E-state index is -0.798. The van der Waals surface area contributed by atoms with Gasteiger partial charge in [-0.3, -0.25) is 0 Å². The SMILES string of the molecule is COC(=O)c1sc2nc(C)nc(NCC(O)c3ccccc3Cl)c2c1C. The van der Waals surface area contributed by atoms with Crippen LogP contribution in [0.3, 0.4) is 0 Å². The number of aliphatic hydroxyl groups excluding tert-OH is 1. The Kier molecular flexibility index (Phi) is 5.41. The zero-order valence-corrected chi connectivity index (χ0v) is 16.1. The summed E-state index contributed by atoms with van der Waals surface area (Å²) in [4.78, 5) is 22.0. The first-order chi connectivity index (χ1) is 12.4. The molecule has 3 rings (SSSR count). The lowest BCUT2D eigenvalue weighted by Gasteiger charge is -2.15. The van der Waals surface area contributed by atoms with Crippen LogP contribution in [0.15, 0.2) is 24.3 Å². The molecule has 2 N–H and O–H groups in total. The van der Waals surface area contributed by atoms with Crippen molar-refractivity contribution in [2.45, 2.75) is 20.0 Å². The van der Waals surface area contributed by atoms with Gasteiger partial charge in [0.15, 0.2) is 0 Å². The number of anilines is 1. The van der Waals surface area contributed by atoms with E-state index in [-0.39, 0.29) is 6.54 Å². The van der Waals surface area contributed by atoms with E-state index >= 15 is 0 Å². The first-order valence-electron chi connectivity index (χ1n) is 7.94. The molecule has 1 atom stereocenters. The second kappa shape index (κ2) is 7.57. The van der Waals surface area contributed by atoms with Crippen LogP contribution in [-0.4, -0.2) is 34.7 Å². The van der Waals surface area contributed by atoms with Gasteiger partial charge in [0.1, 0.15) is 21.3 Å². The standard InChI is InChI=1S/C18H18ClN3O3S/c1-9-14-16(20-8-13(23)11-6-4-5-7-12(11)19)21-10(2)22-17(14)26-15(9)18(24)25-3/h4-7,13,23H,8H2,1-3H3,(H,20,21,22). The molecule has 3 aromatic rings. The van der Waals surface area contributed by atoms with E-state index in [9.17, 15) is 9.90 Å². The third-order valence-electron chi connectivity index (χ3n) is 4.00. The molecule has 0 spiro atoms. The fourth-order valence-corrected chi connectivity index (χ4v) is 4.12. The minimum absolute atomic E-state index is 0.220. The summed E-state index contributed by atoms with van der Waals surface area (Å²) in [5.41, 5.74) is 1.40. The van der Waals surface area contributed by atoms with Gasteiger partial charge in [-0.1, -0.05) is 29.8 Å². The molecule has 2 heterocycles. The summed E-state index contributed by atoms with van der Waals surface area (Å²) >= 11 is 7.41. The number of thiophene rings is 1. The normalized spacial score (nSPS) is 12.2. The minimum Gasteiger partial charge on any atom is -0.465 e. The average molecular weight is 392 g/mol. The average Bonchev–Trinajstić information content (AvgIpc) is 2.95. The van der Waals surface area contributed by atoms with Gasteiger partial charge < -0.3 is 15.2 Å². The number of rotatable bonds is 5. The highest BCUT2D eigenvalue weighted by Crippen LogP contribution is 2.34. The quantitative estimate of drug-likeness (QED) is 0.642. The summed E-state index contributed by atoms with van der Waals surface area (Å²) in [5, 5.41) is 14.9. The molecular formula is C18H18ClN3O3S. The van der Waals surface area contributed by atoms with Crippen LogP contribution in [0.1, 0.15) is 32.7 Å². The number of methoxy groups -OCH3 is 1. The highest BCUT2D eigenvalue weighted by molar-refractivity contribution is 7.20. The third kappa shape index (κ3) is 3.51. The summed E-state index contributed by atoms with van der Waals surface area (Å²) in [5.74, 6) is 0.748. The van der Waals surface area contributed by atoms with E-state index in [2.05, 4.69) is 15.3 Å². The van der Waals surface area contributed by atoms with Crippen LogP contribution < -0.4 is 5.32 Å². The van der Waals surface area contributed by atoms with Crippen molar-refractivity contribution >= 4 is 44.9 Å². The van der Waals surface area contributed by atoms with Gasteiger partial charge in [0, 0.05) is 17.1 Å². The maximum Gasteiger partial charge on any atom is 0.348 e. The Morgan fingerprint density at radius 1 is 1.35 bits per heavy atom. The van der Waals surface area contributed by atoms with Crippen LogP contribution in [0.4, 0.5) is 5.82 Å². The second-order valence-electron chi connectivity index (χ2n) is 5.77. The highest BCUT2D eigenvalue weighted by Gasteiger charge is 2.21. The number of hydrogen-bond acceptors (Lipinski definition) is 7. The number of carbonyl (C=O) groups is 1. The van der Waals surface area contributed by atoms with Gasteiger partial charge in [-0.15, -0.1) is 11.3 Å². The Labute approximate surface area is 159 Å². The molecule has 0 amide bonds. The van der Waals surface area contributed by atoms with Crippen molar-refractivity contribution in [2.24, 2.45) is 0 Å². The first-order valence-corrected chi connectivity index (χ1v) is 9.14. The Balaban J connectivity index is 1.93. The molecule has 0 bridgehead atoms. The van der Waals surface area contributed by atoms with Gasteiger partial charge in [0.2, 0.25) is 0 Å². The molecule has 26 heavy (non-hydrogen) atoms. The molecule has 0 aliphatic heterocycles. The number of carbonyl (C=O) groups excluding carboxylic acids is 1. The van der Waals surface area contributed by atoms with Crippen molar-refractivity contribution in [3.8, 4) is 0 Å². The van der Waals surface area contributed by atoms with Crippen molar-refractivity contribution in [2.75, 3.05) is 19.0 Å². The topological polar surface area (TPSA) is 84.3 Å². The number of esters is 1. The number of nitrogens with one attached hydrogen (secondary N) is 1. The molecule has 1 unspecified atom stereocenters. The second-order valence-corrected chi connectivity index (χ2v) is 7.17. The number of aromatic nitrogens is 2. The Morgan fingerprint density at radius 3 is 2.77 bits per heavy atom. The lowest BCUT2D eigenvalue weighted by Crippen LogP contribution is -2.14. The van der Waals surface area contributed by atoms with Crippen molar-refractivity contribution in [1.29, 1.82) is 0 Å². The molecule has 0 aliphatic carbocycles. The van der Waals surface area contributed by atoms with E-state index in [1.165, 1.54) is 18.4 Å². The Morgan fingerprint density at radius 2 is 2.08 bits per heavy atom. The van der Waals surface area contributed by atoms with Crippen LogP contribution in [-0.2, 0) is 4.74 Å². The van der Waals surface area contributed by atoms with E-state index in [0.29, 0.717) is 31.9 Å². The molecule has 136 valence electrons. The highest BCUT2D eigenvalue weighted by atomic mass is 35.5. The number of ether oxygens (including phenoxy) is 1. The van der Waals surface area contributed by atoms with Gasteiger partial charge in [-0.25, -0.2) is 14.8 Å². The zero-order valence-electron chi connectivity index (χ0n) is 14.5. The number of halogens is 1. The summed E-state index contributed by atoms with van der Waals surface area (Å²) in [6.07, 6.45) is -0.798. The number of aryl methyl sites for hydroxylation is 2.